The van der Waals surface area contributed by atoms with Crippen molar-refractivity contribution < 1.29 is 13.6 Å². The van der Waals surface area contributed by atoms with Gasteiger partial charge in [0, 0.05) is 31.8 Å². The number of fused-ring (bicyclic) bond motifs is 1. The van der Waals surface area contributed by atoms with E-state index < -0.39 is 17.7 Å². The number of imidazole rings is 1. The summed E-state index contributed by atoms with van der Waals surface area (Å²) in [7, 11) is 1.58. The molecule has 1 aromatic carbocycles. The topological polar surface area (TPSA) is 38.1 Å². The first kappa shape index (κ1) is 15.6. The fourth-order valence-corrected chi connectivity index (χ4v) is 2.92. The molecule has 0 saturated heterocycles. The number of nitrogens with zero attached hydrogens (tertiary/aromatic N) is 3. The molecule has 0 N–H and O–H groups in total. The van der Waals surface area contributed by atoms with Crippen LogP contribution in [-0.2, 0) is 13.0 Å². The third-order valence-electron chi connectivity index (χ3n) is 4.44. The van der Waals surface area contributed by atoms with E-state index in [0.717, 1.165) is 49.8 Å². The zero-order valence-electron chi connectivity index (χ0n) is 13.2. The number of aromatic nitrogens is 2. The van der Waals surface area contributed by atoms with Crippen molar-refractivity contribution in [2.24, 2.45) is 0 Å². The zero-order valence-corrected chi connectivity index (χ0v) is 13.2. The molecular formula is C17H19F2N3O. The summed E-state index contributed by atoms with van der Waals surface area (Å²) >= 11 is 0. The molecule has 0 saturated carbocycles. The molecule has 1 amide bonds. The molecule has 23 heavy (non-hydrogen) atoms. The average Bonchev–Trinajstić information content (AvgIpc) is 2.99. The zero-order chi connectivity index (χ0) is 16.6. The number of carbonyl (C=O) groups is 1. The number of aryl methyl sites for hydroxylation is 2. The highest BCUT2D eigenvalue weighted by atomic mass is 19.1. The van der Waals surface area contributed by atoms with Crippen molar-refractivity contribution >= 4 is 5.91 Å². The van der Waals surface area contributed by atoms with Gasteiger partial charge >= 0.3 is 0 Å². The van der Waals surface area contributed by atoms with Crippen molar-refractivity contribution in [1.82, 2.24) is 14.5 Å². The van der Waals surface area contributed by atoms with Gasteiger partial charge < -0.3 is 9.47 Å². The molecule has 4 nitrogen and oxygen atoms in total. The fraction of sp³-hybridized carbons (Fsp3) is 0.412. The molecule has 0 radical (unpaired) electrons. The summed E-state index contributed by atoms with van der Waals surface area (Å²) in [6.45, 7) is 2.54. The molecule has 2 heterocycles. The van der Waals surface area contributed by atoms with E-state index in [1.807, 2.05) is 4.57 Å². The third kappa shape index (κ3) is 2.98. The van der Waals surface area contributed by atoms with E-state index in [2.05, 4.69) is 4.98 Å². The van der Waals surface area contributed by atoms with Crippen LogP contribution in [0.5, 0.6) is 0 Å². The number of hydrogen-bond acceptors (Lipinski definition) is 2. The van der Waals surface area contributed by atoms with Crippen LogP contribution in [-0.4, -0.2) is 27.4 Å². The summed E-state index contributed by atoms with van der Waals surface area (Å²) in [5, 5.41) is 0. The molecule has 6 heteroatoms. The van der Waals surface area contributed by atoms with Gasteiger partial charge in [-0.3, -0.25) is 4.79 Å². The lowest BCUT2D eigenvalue weighted by atomic mass is 10.1. The predicted octanol–water partition coefficient (Wildman–Crippen LogP) is 3.33. The minimum absolute atomic E-state index is 0.157. The predicted molar refractivity (Wildman–Crippen MR) is 82.0 cm³/mol. The lowest BCUT2D eigenvalue weighted by Gasteiger charge is -2.25. The first-order valence-corrected chi connectivity index (χ1v) is 7.75. The van der Waals surface area contributed by atoms with Gasteiger partial charge in [0.25, 0.3) is 5.91 Å². The van der Waals surface area contributed by atoms with Crippen LogP contribution in [0.1, 0.15) is 47.7 Å². The molecule has 0 fully saturated rings. The molecule has 1 aliphatic rings. The number of rotatable bonds is 3. The Kier molecular flexibility index (Phi) is 4.15. The van der Waals surface area contributed by atoms with Crippen molar-refractivity contribution in [1.29, 1.82) is 0 Å². The normalized spacial score (nSPS) is 15.1. The van der Waals surface area contributed by atoms with Crippen molar-refractivity contribution in [2.75, 3.05) is 7.05 Å². The van der Waals surface area contributed by atoms with Crippen LogP contribution in [0.4, 0.5) is 8.78 Å². The van der Waals surface area contributed by atoms with Crippen LogP contribution in [0.3, 0.4) is 0 Å². The van der Waals surface area contributed by atoms with Crippen molar-refractivity contribution in [3.8, 4) is 0 Å². The van der Waals surface area contributed by atoms with Crippen molar-refractivity contribution in [2.45, 2.75) is 38.8 Å². The second kappa shape index (κ2) is 6.10. The van der Waals surface area contributed by atoms with Gasteiger partial charge in [-0.05, 0) is 38.0 Å². The molecule has 0 spiro atoms. The molecule has 1 aliphatic heterocycles. The minimum atomic E-state index is -0.586. The van der Waals surface area contributed by atoms with Crippen LogP contribution in [0.25, 0.3) is 0 Å². The Morgan fingerprint density at radius 2 is 2.13 bits per heavy atom. The van der Waals surface area contributed by atoms with Gasteiger partial charge in [0.1, 0.15) is 23.2 Å². The highest BCUT2D eigenvalue weighted by molar-refractivity contribution is 5.92. The highest BCUT2D eigenvalue weighted by Crippen LogP contribution is 2.24. The number of amides is 1. The van der Waals surface area contributed by atoms with E-state index in [1.165, 1.54) is 4.90 Å². The monoisotopic (exact) mass is 319 g/mol. The maximum Gasteiger partial charge on any atom is 0.274 e. The Hall–Kier alpha value is -2.24. The van der Waals surface area contributed by atoms with E-state index in [1.54, 1.807) is 20.2 Å². The lowest BCUT2D eigenvalue weighted by Crippen LogP contribution is -2.30. The summed E-state index contributed by atoms with van der Waals surface area (Å²) in [5.41, 5.74) is 0.512. The summed E-state index contributed by atoms with van der Waals surface area (Å²) in [4.78, 5) is 18.4. The fourth-order valence-electron chi connectivity index (χ4n) is 2.92. The summed E-state index contributed by atoms with van der Waals surface area (Å²) in [6, 6.07) is 2.69. The Morgan fingerprint density at radius 1 is 1.35 bits per heavy atom. The highest BCUT2D eigenvalue weighted by Gasteiger charge is 2.25. The second-order valence-electron chi connectivity index (χ2n) is 5.95. The van der Waals surface area contributed by atoms with E-state index >= 15 is 0 Å². The van der Waals surface area contributed by atoms with Crippen molar-refractivity contribution in [3.05, 3.63) is 53.1 Å². The van der Waals surface area contributed by atoms with Gasteiger partial charge in [0.15, 0.2) is 0 Å². The van der Waals surface area contributed by atoms with Gasteiger partial charge in [-0.1, -0.05) is 0 Å². The SMILES string of the molecule is CC(c1cc(F)ccc1F)N(C)C(=O)c1cn2c(n1)CCCC2. The van der Waals surface area contributed by atoms with Crippen LogP contribution in [0, 0.1) is 11.6 Å². The van der Waals surface area contributed by atoms with Gasteiger partial charge in [-0.25, -0.2) is 13.8 Å². The Bertz CT molecular complexity index is 718. The second-order valence-corrected chi connectivity index (χ2v) is 5.95. The van der Waals surface area contributed by atoms with Crippen LogP contribution in [0.2, 0.25) is 0 Å². The minimum Gasteiger partial charge on any atom is -0.334 e. The van der Waals surface area contributed by atoms with E-state index in [-0.39, 0.29) is 11.5 Å². The molecule has 2 aromatic rings. The van der Waals surface area contributed by atoms with E-state index in [0.29, 0.717) is 5.69 Å². The maximum absolute atomic E-state index is 13.9. The molecule has 0 bridgehead atoms. The quantitative estimate of drug-likeness (QED) is 0.870. The molecule has 1 unspecified atom stereocenters. The van der Waals surface area contributed by atoms with E-state index in [9.17, 15) is 13.6 Å². The Morgan fingerprint density at radius 3 is 2.87 bits per heavy atom. The Balaban J connectivity index is 1.84. The van der Waals surface area contributed by atoms with Gasteiger partial charge in [0.05, 0.1) is 6.04 Å². The first-order chi connectivity index (χ1) is 11.0. The molecule has 1 atom stereocenters. The third-order valence-corrected chi connectivity index (χ3v) is 4.44. The van der Waals surface area contributed by atoms with Gasteiger partial charge in [0.2, 0.25) is 0 Å². The van der Waals surface area contributed by atoms with E-state index in [4.69, 9.17) is 0 Å². The lowest BCUT2D eigenvalue weighted by molar-refractivity contribution is 0.0734. The van der Waals surface area contributed by atoms with Crippen molar-refractivity contribution in [3.63, 3.8) is 0 Å². The molecule has 3 rings (SSSR count). The standard InChI is InChI=1S/C17H19F2N3O/c1-11(13-9-12(18)6-7-14(13)19)21(2)17(23)15-10-22-8-4-3-5-16(22)20-15/h6-7,9-11H,3-5,8H2,1-2H3. The van der Waals surface area contributed by atoms with Crippen LogP contribution in [0.15, 0.2) is 24.4 Å². The number of halogens is 2. The Labute approximate surface area is 133 Å². The number of benzene rings is 1. The first-order valence-electron chi connectivity index (χ1n) is 7.75. The molecular weight excluding hydrogens is 300 g/mol. The summed E-state index contributed by atoms with van der Waals surface area (Å²) < 4.78 is 29.3. The van der Waals surface area contributed by atoms with Crippen LogP contribution < -0.4 is 0 Å². The van der Waals surface area contributed by atoms with Crippen LogP contribution >= 0.6 is 0 Å². The number of hydrogen-bond donors (Lipinski definition) is 0. The molecule has 122 valence electrons. The van der Waals surface area contributed by atoms with Gasteiger partial charge in [-0.15, -0.1) is 0 Å². The smallest absolute Gasteiger partial charge is 0.274 e. The molecule has 1 aromatic heterocycles. The average molecular weight is 319 g/mol. The maximum atomic E-state index is 13.9. The molecule has 0 aliphatic carbocycles. The number of carbonyl (C=O) groups excluding carboxylic acids is 1. The van der Waals surface area contributed by atoms with Gasteiger partial charge in [-0.2, -0.15) is 0 Å². The largest absolute Gasteiger partial charge is 0.334 e. The summed E-state index contributed by atoms with van der Waals surface area (Å²) in [5.74, 6) is -0.421. The summed E-state index contributed by atoms with van der Waals surface area (Å²) in [6.07, 6.45) is 4.77.